The monoisotopic (exact) mass is 379 g/mol. The maximum atomic E-state index is 12.4. The number of hydrogen-bond acceptors (Lipinski definition) is 4. The summed E-state index contributed by atoms with van der Waals surface area (Å²) in [7, 11) is 0. The van der Waals surface area contributed by atoms with Crippen molar-refractivity contribution in [1.29, 1.82) is 0 Å². The number of nitrogens with one attached hydrogen (secondary N) is 1. The van der Waals surface area contributed by atoms with E-state index in [2.05, 4.69) is 12.2 Å². The third kappa shape index (κ3) is 4.25. The van der Waals surface area contributed by atoms with Crippen LogP contribution in [-0.2, 0) is 11.2 Å². The minimum atomic E-state index is -0.391. The van der Waals surface area contributed by atoms with Crippen LogP contribution in [0.1, 0.15) is 43.4 Å². The zero-order valence-corrected chi connectivity index (χ0v) is 16.7. The summed E-state index contributed by atoms with van der Waals surface area (Å²) in [5.41, 5.74) is 3.94. The standard InChI is InChI=1S/C23H25NO4/c1-5-16-8-6-7-15(4)23(16)24-21(25)13-27-17-9-10-18-19(14(2)3)12-22(26)28-20(18)11-17/h6-12,14H,5,13H2,1-4H3,(H,24,25). The fraction of sp³-hybridized carbons (Fsp3) is 0.304. The normalized spacial score (nSPS) is 11.0. The summed E-state index contributed by atoms with van der Waals surface area (Å²) in [5, 5.41) is 3.81. The summed E-state index contributed by atoms with van der Waals surface area (Å²) in [5.74, 6) is 0.444. The number of ether oxygens (including phenoxy) is 1. The van der Waals surface area contributed by atoms with Gasteiger partial charge < -0.3 is 14.5 Å². The lowest BCUT2D eigenvalue weighted by Gasteiger charge is -2.14. The van der Waals surface area contributed by atoms with Gasteiger partial charge in [-0.3, -0.25) is 4.79 Å². The van der Waals surface area contributed by atoms with E-state index in [9.17, 15) is 9.59 Å². The van der Waals surface area contributed by atoms with Crippen molar-refractivity contribution in [3.8, 4) is 5.75 Å². The lowest BCUT2D eigenvalue weighted by Crippen LogP contribution is -2.21. The Hall–Kier alpha value is -3.08. The molecule has 0 unspecified atom stereocenters. The molecule has 146 valence electrons. The van der Waals surface area contributed by atoms with Crippen molar-refractivity contribution in [3.63, 3.8) is 0 Å². The summed E-state index contributed by atoms with van der Waals surface area (Å²) in [4.78, 5) is 24.2. The van der Waals surface area contributed by atoms with E-state index < -0.39 is 5.63 Å². The molecule has 0 bridgehead atoms. The smallest absolute Gasteiger partial charge is 0.336 e. The third-order valence-electron chi connectivity index (χ3n) is 4.74. The van der Waals surface area contributed by atoms with Crippen molar-refractivity contribution in [1.82, 2.24) is 0 Å². The Kier molecular flexibility index (Phi) is 5.83. The second-order valence-corrected chi connectivity index (χ2v) is 7.13. The van der Waals surface area contributed by atoms with Gasteiger partial charge in [0.1, 0.15) is 11.3 Å². The van der Waals surface area contributed by atoms with Gasteiger partial charge in [-0.25, -0.2) is 4.79 Å². The number of anilines is 1. The van der Waals surface area contributed by atoms with Gasteiger partial charge in [0.25, 0.3) is 5.91 Å². The average Bonchev–Trinajstić information content (AvgIpc) is 2.66. The number of amides is 1. The van der Waals surface area contributed by atoms with Crippen LogP contribution in [0, 0.1) is 6.92 Å². The molecule has 1 heterocycles. The predicted octanol–water partition coefficient (Wildman–Crippen LogP) is 4.80. The van der Waals surface area contributed by atoms with Crippen LogP contribution in [0.3, 0.4) is 0 Å². The van der Waals surface area contributed by atoms with Gasteiger partial charge in [0.05, 0.1) is 0 Å². The predicted molar refractivity (Wildman–Crippen MR) is 111 cm³/mol. The van der Waals surface area contributed by atoms with E-state index in [1.165, 1.54) is 6.07 Å². The molecule has 5 nitrogen and oxygen atoms in total. The molecule has 1 aromatic heterocycles. The molecule has 0 radical (unpaired) electrons. The van der Waals surface area contributed by atoms with Crippen LogP contribution in [-0.4, -0.2) is 12.5 Å². The third-order valence-corrected chi connectivity index (χ3v) is 4.74. The Morgan fingerprint density at radius 1 is 1.18 bits per heavy atom. The topological polar surface area (TPSA) is 68.5 Å². The first-order valence-corrected chi connectivity index (χ1v) is 9.48. The average molecular weight is 379 g/mol. The fourth-order valence-corrected chi connectivity index (χ4v) is 3.26. The fourth-order valence-electron chi connectivity index (χ4n) is 3.26. The zero-order chi connectivity index (χ0) is 20.3. The molecule has 3 rings (SSSR count). The van der Waals surface area contributed by atoms with Crippen molar-refractivity contribution < 1.29 is 13.9 Å². The van der Waals surface area contributed by atoms with Crippen LogP contribution < -0.4 is 15.7 Å². The first-order chi connectivity index (χ1) is 13.4. The Balaban J connectivity index is 1.75. The molecule has 3 aromatic rings. The summed E-state index contributed by atoms with van der Waals surface area (Å²) in [6.07, 6.45) is 0.833. The Labute approximate surface area is 164 Å². The maximum absolute atomic E-state index is 12.4. The van der Waals surface area contributed by atoms with Gasteiger partial charge >= 0.3 is 5.63 Å². The van der Waals surface area contributed by atoms with E-state index in [1.807, 2.05) is 45.0 Å². The second kappa shape index (κ2) is 8.30. The molecule has 0 atom stereocenters. The van der Waals surface area contributed by atoms with Crippen molar-refractivity contribution >= 4 is 22.6 Å². The summed E-state index contributed by atoms with van der Waals surface area (Å²) in [6, 6.07) is 12.8. The molecule has 0 spiro atoms. The Morgan fingerprint density at radius 2 is 1.96 bits per heavy atom. The molecule has 1 amide bonds. The van der Waals surface area contributed by atoms with Crippen molar-refractivity contribution in [2.24, 2.45) is 0 Å². The van der Waals surface area contributed by atoms with Crippen molar-refractivity contribution in [2.45, 2.75) is 40.0 Å². The van der Waals surface area contributed by atoms with Gasteiger partial charge in [-0.1, -0.05) is 39.0 Å². The van der Waals surface area contributed by atoms with Gasteiger partial charge in [-0.2, -0.15) is 0 Å². The number of hydrogen-bond donors (Lipinski definition) is 1. The van der Waals surface area contributed by atoms with Gasteiger partial charge in [0.15, 0.2) is 6.61 Å². The SMILES string of the molecule is CCc1cccc(C)c1NC(=O)COc1ccc2c(C(C)C)cc(=O)oc2c1. The lowest BCUT2D eigenvalue weighted by atomic mass is 10.00. The van der Waals surface area contributed by atoms with Gasteiger partial charge in [-0.05, 0) is 48.1 Å². The largest absolute Gasteiger partial charge is 0.484 e. The first-order valence-electron chi connectivity index (χ1n) is 9.48. The van der Waals surface area contributed by atoms with Gasteiger partial charge in [0.2, 0.25) is 0 Å². The number of para-hydroxylation sites is 1. The summed E-state index contributed by atoms with van der Waals surface area (Å²) in [6.45, 7) is 7.94. The molecule has 28 heavy (non-hydrogen) atoms. The number of aryl methyl sites for hydroxylation is 2. The number of carbonyl (C=O) groups is 1. The highest BCUT2D eigenvalue weighted by Crippen LogP contribution is 2.27. The Morgan fingerprint density at radius 3 is 2.68 bits per heavy atom. The molecule has 0 fully saturated rings. The van der Waals surface area contributed by atoms with Crippen LogP contribution in [0.15, 0.2) is 51.7 Å². The lowest BCUT2D eigenvalue weighted by molar-refractivity contribution is -0.118. The van der Waals surface area contributed by atoms with E-state index in [1.54, 1.807) is 12.1 Å². The number of fused-ring (bicyclic) bond motifs is 1. The molecular weight excluding hydrogens is 354 g/mol. The molecule has 1 N–H and O–H groups in total. The van der Waals surface area contributed by atoms with Crippen molar-refractivity contribution in [2.75, 3.05) is 11.9 Å². The molecule has 0 saturated carbocycles. The maximum Gasteiger partial charge on any atom is 0.336 e. The highest BCUT2D eigenvalue weighted by atomic mass is 16.5. The van der Waals surface area contributed by atoms with Gasteiger partial charge in [0, 0.05) is 23.2 Å². The Bertz CT molecular complexity index is 1070. The van der Waals surface area contributed by atoms with E-state index in [0.717, 1.165) is 34.2 Å². The quantitative estimate of drug-likeness (QED) is 0.624. The van der Waals surface area contributed by atoms with E-state index >= 15 is 0 Å². The second-order valence-electron chi connectivity index (χ2n) is 7.13. The highest BCUT2D eigenvalue weighted by molar-refractivity contribution is 5.93. The highest BCUT2D eigenvalue weighted by Gasteiger charge is 2.12. The molecule has 0 aliphatic heterocycles. The molecule has 5 heteroatoms. The number of rotatable bonds is 6. The summed E-state index contributed by atoms with van der Waals surface area (Å²) >= 11 is 0. The van der Waals surface area contributed by atoms with E-state index in [0.29, 0.717) is 11.3 Å². The minimum absolute atomic E-state index is 0.128. The first kappa shape index (κ1) is 19.7. The zero-order valence-electron chi connectivity index (χ0n) is 16.7. The van der Waals surface area contributed by atoms with E-state index in [4.69, 9.17) is 9.15 Å². The van der Waals surface area contributed by atoms with Crippen LogP contribution in [0.5, 0.6) is 5.75 Å². The summed E-state index contributed by atoms with van der Waals surface area (Å²) < 4.78 is 10.9. The minimum Gasteiger partial charge on any atom is -0.484 e. The molecular formula is C23H25NO4. The van der Waals surface area contributed by atoms with Crippen LogP contribution >= 0.6 is 0 Å². The number of benzene rings is 2. The molecule has 0 aliphatic rings. The van der Waals surface area contributed by atoms with Crippen LogP contribution in [0.4, 0.5) is 5.69 Å². The van der Waals surface area contributed by atoms with Crippen molar-refractivity contribution in [3.05, 3.63) is 69.6 Å². The van der Waals surface area contributed by atoms with Crippen LogP contribution in [0.2, 0.25) is 0 Å². The molecule has 2 aromatic carbocycles. The van der Waals surface area contributed by atoms with E-state index in [-0.39, 0.29) is 18.4 Å². The van der Waals surface area contributed by atoms with Crippen LogP contribution in [0.25, 0.3) is 11.0 Å². The van der Waals surface area contributed by atoms with Gasteiger partial charge in [-0.15, -0.1) is 0 Å². The number of carbonyl (C=O) groups excluding carboxylic acids is 1. The molecule has 0 aliphatic carbocycles. The molecule has 0 saturated heterocycles.